The fourth-order valence-corrected chi connectivity index (χ4v) is 5.57. The van der Waals surface area contributed by atoms with E-state index >= 15 is 0 Å². The van der Waals surface area contributed by atoms with Gasteiger partial charge in [0.15, 0.2) is 0 Å². The summed E-state index contributed by atoms with van der Waals surface area (Å²) in [5.41, 5.74) is 4.70. The van der Waals surface area contributed by atoms with Crippen LogP contribution in [0, 0.1) is 5.92 Å². The maximum atomic E-state index is 12.7. The van der Waals surface area contributed by atoms with Gasteiger partial charge in [0.05, 0.1) is 6.42 Å². The first-order valence-corrected chi connectivity index (χ1v) is 12.6. The van der Waals surface area contributed by atoms with Crippen LogP contribution in [0.4, 0.5) is 4.79 Å². The molecule has 2 aromatic rings. The Kier molecular flexibility index (Phi) is 8.06. The molecule has 0 aromatic heterocycles. The lowest BCUT2D eigenvalue weighted by Crippen LogP contribution is -2.42. The Bertz CT molecular complexity index is 1020. The number of hydrogen-bond acceptors (Lipinski definition) is 4. The SMILES string of the molecule is CCC[C@@H](CC(=O)O)NC(=O)CC1CCCC1NC(=O)OCC1c2ccccc2-c2ccccc21. The van der Waals surface area contributed by atoms with Crippen molar-refractivity contribution in [3.8, 4) is 11.1 Å². The predicted molar refractivity (Wildman–Crippen MR) is 133 cm³/mol. The minimum absolute atomic E-state index is 0.00281. The van der Waals surface area contributed by atoms with Crippen LogP contribution in [-0.2, 0) is 14.3 Å². The van der Waals surface area contributed by atoms with Crippen LogP contribution < -0.4 is 10.6 Å². The fourth-order valence-electron chi connectivity index (χ4n) is 5.57. The summed E-state index contributed by atoms with van der Waals surface area (Å²) in [6.45, 7) is 2.22. The first-order chi connectivity index (χ1) is 17.0. The molecule has 0 radical (unpaired) electrons. The summed E-state index contributed by atoms with van der Waals surface area (Å²) in [4.78, 5) is 36.3. The number of carboxylic acids is 1. The van der Waals surface area contributed by atoms with Gasteiger partial charge in [-0.3, -0.25) is 9.59 Å². The van der Waals surface area contributed by atoms with Crippen LogP contribution in [0.5, 0.6) is 0 Å². The zero-order valence-corrected chi connectivity index (χ0v) is 20.2. The second-order valence-electron chi connectivity index (χ2n) is 9.62. The second kappa shape index (κ2) is 11.4. The van der Waals surface area contributed by atoms with Crippen molar-refractivity contribution in [2.45, 2.75) is 69.9 Å². The Balaban J connectivity index is 1.30. The van der Waals surface area contributed by atoms with E-state index in [-0.39, 0.29) is 49.3 Å². The lowest BCUT2D eigenvalue weighted by atomic mass is 9.98. The number of alkyl carbamates (subject to hydrolysis) is 1. The highest BCUT2D eigenvalue weighted by molar-refractivity contribution is 5.79. The van der Waals surface area contributed by atoms with E-state index in [4.69, 9.17) is 9.84 Å². The number of carbonyl (C=O) groups is 3. The minimum Gasteiger partial charge on any atom is -0.481 e. The third-order valence-corrected chi connectivity index (χ3v) is 7.18. The van der Waals surface area contributed by atoms with Crippen molar-refractivity contribution in [1.82, 2.24) is 10.6 Å². The number of rotatable bonds is 10. The van der Waals surface area contributed by atoms with Crippen molar-refractivity contribution in [3.05, 3.63) is 59.7 Å². The lowest BCUT2D eigenvalue weighted by molar-refractivity contribution is -0.137. The lowest BCUT2D eigenvalue weighted by Gasteiger charge is -2.23. The van der Waals surface area contributed by atoms with Gasteiger partial charge in [-0.2, -0.15) is 0 Å². The van der Waals surface area contributed by atoms with Crippen molar-refractivity contribution in [2.75, 3.05) is 6.61 Å². The van der Waals surface area contributed by atoms with Crippen LogP contribution in [0.2, 0.25) is 0 Å². The van der Waals surface area contributed by atoms with Crippen LogP contribution in [0.15, 0.2) is 48.5 Å². The predicted octanol–water partition coefficient (Wildman–Crippen LogP) is 4.84. The second-order valence-corrected chi connectivity index (χ2v) is 9.62. The highest BCUT2D eigenvalue weighted by Gasteiger charge is 2.33. The molecule has 0 heterocycles. The average Bonchev–Trinajstić information content (AvgIpc) is 3.39. The van der Waals surface area contributed by atoms with E-state index in [9.17, 15) is 14.4 Å². The van der Waals surface area contributed by atoms with E-state index in [0.29, 0.717) is 6.42 Å². The normalized spacial score (nSPS) is 19.5. The number of carboxylic acid groups (broad SMARTS) is 1. The van der Waals surface area contributed by atoms with Gasteiger partial charge in [0.2, 0.25) is 5.91 Å². The summed E-state index contributed by atoms with van der Waals surface area (Å²) in [6.07, 6.45) is 3.74. The molecule has 1 saturated carbocycles. The molecule has 2 aliphatic carbocycles. The Hall–Kier alpha value is -3.35. The molecule has 2 amide bonds. The quantitative estimate of drug-likeness (QED) is 0.453. The maximum Gasteiger partial charge on any atom is 0.407 e. The first kappa shape index (κ1) is 24.8. The van der Waals surface area contributed by atoms with Gasteiger partial charge in [0.1, 0.15) is 6.61 Å². The number of aliphatic carboxylic acids is 1. The molecule has 0 spiro atoms. The first-order valence-electron chi connectivity index (χ1n) is 12.6. The van der Waals surface area contributed by atoms with E-state index in [1.165, 1.54) is 22.3 Å². The van der Waals surface area contributed by atoms with Crippen LogP contribution >= 0.6 is 0 Å². The minimum atomic E-state index is -0.917. The summed E-state index contributed by atoms with van der Waals surface area (Å²) < 4.78 is 5.68. The van der Waals surface area contributed by atoms with Gasteiger partial charge in [-0.15, -0.1) is 0 Å². The van der Waals surface area contributed by atoms with Crippen LogP contribution in [-0.4, -0.2) is 41.8 Å². The molecule has 0 saturated heterocycles. The smallest absolute Gasteiger partial charge is 0.407 e. The molecule has 4 rings (SSSR count). The van der Waals surface area contributed by atoms with E-state index in [1.54, 1.807) is 0 Å². The van der Waals surface area contributed by atoms with E-state index in [1.807, 2.05) is 31.2 Å². The van der Waals surface area contributed by atoms with Crippen LogP contribution in [0.3, 0.4) is 0 Å². The van der Waals surface area contributed by atoms with Crippen molar-refractivity contribution in [3.63, 3.8) is 0 Å². The van der Waals surface area contributed by atoms with Gasteiger partial charge in [-0.25, -0.2) is 4.79 Å². The summed E-state index contributed by atoms with van der Waals surface area (Å²) in [5.74, 6) is -1.05. The molecule has 7 nitrogen and oxygen atoms in total. The van der Waals surface area contributed by atoms with Crippen LogP contribution in [0.25, 0.3) is 11.1 Å². The average molecular weight is 479 g/mol. The summed E-state index contributed by atoms with van der Waals surface area (Å²) in [5, 5.41) is 14.9. The highest BCUT2D eigenvalue weighted by Crippen LogP contribution is 2.44. The molecule has 7 heteroatoms. The Morgan fingerprint density at radius 3 is 2.31 bits per heavy atom. The van der Waals surface area contributed by atoms with E-state index in [2.05, 4.69) is 34.9 Å². The zero-order chi connectivity index (χ0) is 24.8. The van der Waals surface area contributed by atoms with Gasteiger partial charge < -0.3 is 20.5 Å². The van der Waals surface area contributed by atoms with Gasteiger partial charge in [0.25, 0.3) is 0 Å². The highest BCUT2D eigenvalue weighted by atomic mass is 16.5. The largest absolute Gasteiger partial charge is 0.481 e. The number of fused-ring (bicyclic) bond motifs is 3. The topological polar surface area (TPSA) is 105 Å². The number of benzene rings is 2. The summed E-state index contributed by atoms with van der Waals surface area (Å²) in [6, 6.07) is 15.9. The number of nitrogens with one attached hydrogen (secondary N) is 2. The Labute approximate surface area is 206 Å². The molecule has 3 N–H and O–H groups in total. The Morgan fingerprint density at radius 1 is 1.03 bits per heavy atom. The number of carbonyl (C=O) groups excluding carboxylic acids is 2. The molecule has 0 bridgehead atoms. The van der Waals surface area contributed by atoms with E-state index in [0.717, 1.165) is 25.7 Å². The zero-order valence-electron chi connectivity index (χ0n) is 20.2. The number of amides is 2. The molecule has 2 aliphatic rings. The molecular formula is C28H34N2O5. The van der Waals surface area contributed by atoms with Gasteiger partial charge >= 0.3 is 12.1 Å². The van der Waals surface area contributed by atoms with Gasteiger partial charge in [0, 0.05) is 24.4 Å². The fraction of sp³-hybridized carbons (Fsp3) is 0.464. The van der Waals surface area contributed by atoms with Crippen molar-refractivity contribution >= 4 is 18.0 Å². The molecule has 186 valence electrons. The third kappa shape index (κ3) is 6.02. The van der Waals surface area contributed by atoms with Gasteiger partial charge in [-0.05, 0) is 47.4 Å². The summed E-state index contributed by atoms with van der Waals surface area (Å²) >= 11 is 0. The molecule has 1 fully saturated rings. The third-order valence-electron chi connectivity index (χ3n) is 7.18. The molecule has 2 unspecified atom stereocenters. The molecule has 0 aliphatic heterocycles. The monoisotopic (exact) mass is 478 g/mol. The van der Waals surface area contributed by atoms with E-state index < -0.39 is 12.1 Å². The molecule has 3 atom stereocenters. The maximum absolute atomic E-state index is 12.7. The van der Waals surface area contributed by atoms with Crippen LogP contribution in [0.1, 0.15) is 68.9 Å². The Morgan fingerprint density at radius 2 is 1.69 bits per heavy atom. The van der Waals surface area contributed by atoms with Crippen molar-refractivity contribution < 1.29 is 24.2 Å². The molecule has 2 aromatic carbocycles. The molecule has 35 heavy (non-hydrogen) atoms. The number of ether oxygens (including phenoxy) is 1. The number of hydrogen-bond donors (Lipinski definition) is 3. The summed E-state index contributed by atoms with van der Waals surface area (Å²) in [7, 11) is 0. The van der Waals surface area contributed by atoms with Gasteiger partial charge in [-0.1, -0.05) is 68.3 Å². The van der Waals surface area contributed by atoms with Crippen molar-refractivity contribution in [2.24, 2.45) is 5.92 Å². The standard InChI is InChI=1S/C28H34N2O5/c1-2-8-19(16-27(32)33)29-26(31)15-18-9-7-14-25(18)30-28(34)35-17-24-22-12-5-3-10-20(22)21-11-4-6-13-23(21)24/h3-6,10-13,18-19,24-25H,2,7-9,14-17H2,1H3,(H,29,31)(H,30,34)(H,32,33)/t18?,19-,25?/m0/s1. The van der Waals surface area contributed by atoms with Crippen molar-refractivity contribution in [1.29, 1.82) is 0 Å². The molecular weight excluding hydrogens is 444 g/mol.